The highest BCUT2D eigenvalue weighted by atomic mass is 16.6. The van der Waals surface area contributed by atoms with Gasteiger partial charge in [0.15, 0.2) is 0 Å². The van der Waals surface area contributed by atoms with E-state index in [0.717, 1.165) is 55.2 Å². The number of carbonyl (C=O) groups excluding carboxylic acids is 3. The Morgan fingerprint density at radius 1 is 0.905 bits per heavy atom. The Balaban J connectivity index is 2.50. The second kappa shape index (κ2) is 16.9. The number of aliphatic hydroxyl groups is 1. The molecule has 2 aromatic rings. The van der Waals surface area contributed by atoms with Crippen molar-refractivity contribution in [1.82, 2.24) is 10.2 Å². The van der Waals surface area contributed by atoms with E-state index < -0.39 is 36.3 Å². The summed E-state index contributed by atoms with van der Waals surface area (Å²) in [5.74, 6) is -0.900. The summed E-state index contributed by atoms with van der Waals surface area (Å²) in [6, 6.07) is 11.2. The molecule has 2 unspecified atom stereocenters. The fourth-order valence-electron chi connectivity index (χ4n) is 4.88. The third kappa shape index (κ3) is 10.8. The zero-order valence-corrected chi connectivity index (χ0v) is 26.6. The van der Waals surface area contributed by atoms with Crippen LogP contribution in [0.2, 0.25) is 0 Å². The number of para-hydroxylation sites is 1. The van der Waals surface area contributed by atoms with Gasteiger partial charge in [0.2, 0.25) is 5.91 Å². The number of nitrogens with zero attached hydrogens (tertiary/aromatic N) is 1. The summed E-state index contributed by atoms with van der Waals surface area (Å²) in [5, 5.41) is 15.8. The summed E-state index contributed by atoms with van der Waals surface area (Å²) in [4.78, 5) is 42.3. The lowest BCUT2D eigenvalue weighted by atomic mass is 9.99. The van der Waals surface area contributed by atoms with Gasteiger partial charge < -0.3 is 25.4 Å². The number of aliphatic hydroxyl groups excluding tert-OH is 1. The monoisotopic (exact) mass is 581 g/mol. The zero-order valence-electron chi connectivity index (χ0n) is 26.6. The molecule has 42 heavy (non-hydrogen) atoms. The van der Waals surface area contributed by atoms with Crippen LogP contribution in [-0.2, 0) is 20.7 Å². The molecule has 0 aliphatic rings. The smallest absolute Gasteiger partial charge is 0.408 e. The van der Waals surface area contributed by atoms with Gasteiger partial charge in [-0.15, -0.1) is 0 Å². The molecule has 232 valence electrons. The van der Waals surface area contributed by atoms with Gasteiger partial charge in [-0.2, -0.15) is 0 Å². The first kappa shape index (κ1) is 34.8. The summed E-state index contributed by atoms with van der Waals surface area (Å²) < 4.78 is 5.35. The average molecular weight is 582 g/mol. The number of hydrogen-bond donors (Lipinski definition) is 3. The quantitative estimate of drug-likeness (QED) is 0.205. The van der Waals surface area contributed by atoms with Crippen molar-refractivity contribution in [2.45, 2.75) is 111 Å². The van der Waals surface area contributed by atoms with E-state index in [9.17, 15) is 19.5 Å². The van der Waals surface area contributed by atoms with Gasteiger partial charge in [0.05, 0.1) is 6.61 Å². The minimum absolute atomic E-state index is 0.290. The molecule has 3 N–H and O–H groups in total. The van der Waals surface area contributed by atoms with E-state index in [1.165, 1.54) is 4.90 Å². The molecule has 2 rings (SSSR count). The molecule has 0 heterocycles. The Morgan fingerprint density at radius 2 is 1.50 bits per heavy atom. The Hall–Kier alpha value is -3.39. The summed E-state index contributed by atoms with van der Waals surface area (Å²) in [5.41, 5.74) is 3.52. The molecule has 0 saturated carbocycles. The van der Waals surface area contributed by atoms with Crippen molar-refractivity contribution >= 4 is 23.6 Å². The lowest BCUT2D eigenvalue weighted by Crippen LogP contribution is -2.54. The van der Waals surface area contributed by atoms with Crippen LogP contribution in [0.25, 0.3) is 0 Å². The highest BCUT2D eigenvalue weighted by molar-refractivity contribution is 5.99. The molecule has 3 amide bonds. The number of ether oxygens (including phenoxy) is 1. The highest BCUT2D eigenvalue weighted by Gasteiger charge is 2.36. The highest BCUT2D eigenvalue weighted by Crippen LogP contribution is 2.28. The van der Waals surface area contributed by atoms with Crippen molar-refractivity contribution in [3.05, 3.63) is 64.7 Å². The number of aryl methyl sites for hydroxylation is 3. The molecule has 0 aliphatic carbocycles. The summed E-state index contributed by atoms with van der Waals surface area (Å²) >= 11 is 0. The van der Waals surface area contributed by atoms with Gasteiger partial charge in [-0.25, -0.2) is 4.79 Å². The van der Waals surface area contributed by atoms with Crippen molar-refractivity contribution in [3.63, 3.8) is 0 Å². The number of unbranched alkanes of at least 4 members (excludes halogenated alkanes) is 5. The maximum absolute atomic E-state index is 14.1. The van der Waals surface area contributed by atoms with E-state index in [4.69, 9.17) is 4.74 Å². The first-order chi connectivity index (χ1) is 19.9. The predicted octanol–water partition coefficient (Wildman–Crippen LogP) is 6.62. The van der Waals surface area contributed by atoms with E-state index in [1.807, 2.05) is 56.3 Å². The average Bonchev–Trinajstić information content (AvgIpc) is 2.93. The number of nitrogens with one attached hydrogen (secondary N) is 2. The Labute approximate surface area is 252 Å². The summed E-state index contributed by atoms with van der Waals surface area (Å²) in [6.45, 7) is 12.9. The fraction of sp³-hybridized carbons (Fsp3) is 0.559. The first-order valence-electron chi connectivity index (χ1n) is 15.3. The van der Waals surface area contributed by atoms with Crippen LogP contribution < -0.4 is 10.6 Å². The van der Waals surface area contributed by atoms with Crippen LogP contribution in [0.15, 0.2) is 42.5 Å². The molecule has 0 radical (unpaired) electrons. The SMILES string of the molecule is CCCCCCCCN(C(=O)C(CO)NC(=O)OC(C)(C)C)C(C(=O)Nc1c(C)cccc1C)c1ccc(CC)cc1. The van der Waals surface area contributed by atoms with E-state index in [1.54, 1.807) is 20.8 Å². The molecule has 8 nitrogen and oxygen atoms in total. The second-order valence-corrected chi connectivity index (χ2v) is 11.9. The van der Waals surface area contributed by atoms with Crippen molar-refractivity contribution in [2.75, 3.05) is 18.5 Å². The molecule has 0 aromatic heterocycles. The van der Waals surface area contributed by atoms with Gasteiger partial charge in [-0.3, -0.25) is 9.59 Å². The third-order valence-electron chi connectivity index (χ3n) is 7.20. The van der Waals surface area contributed by atoms with Gasteiger partial charge >= 0.3 is 6.09 Å². The van der Waals surface area contributed by atoms with Crippen LogP contribution in [0.3, 0.4) is 0 Å². The topological polar surface area (TPSA) is 108 Å². The summed E-state index contributed by atoms with van der Waals surface area (Å²) in [7, 11) is 0. The van der Waals surface area contributed by atoms with Gasteiger partial charge in [-0.1, -0.05) is 88.4 Å². The Morgan fingerprint density at radius 3 is 2.05 bits per heavy atom. The maximum Gasteiger partial charge on any atom is 0.408 e. The molecular formula is C34H51N3O5. The minimum atomic E-state index is -1.27. The van der Waals surface area contributed by atoms with Crippen LogP contribution in [-0.4, -0.2) is 52.7 Å². The first-order valence-corrected chi connectivity index (χ1v) is 15.3. The summed E-state index contributed by atoms with van der Waals surface area (Å²) in [6.07, 6.45) is 6.03. The number of carbonyl (C=O) groups is 3. The third-order valence-corrected chi connectivity index (χ3v) is 7.20. The van der Waals surface area contributed by atoms with Crippen LogP contribution >= 0.6 is 0 Å². The van der Waals surface area contributed by atoms with Gasteiger partial charge in [-0.05, 0) is 69.7 Å². The molecule has 0 aliphatic heterocycles. The predicted molar refractivity (Wildman–Crippen MR) is 168 cm³/mol. The molecule has 0 bridgehead atoms. The Kier molecular flexibility index (Phi) is 14.0. The van der Waals surface area contributed by atoms with Crippen molar-refractivity contribution in [1.29, 1.82) is 0 Å². The normalized spacial score (nSPS) is 12.8. The van der Waals surface area contributed by atoms with Crippen LogP contribution in [0.4, 0.5) is 10.5 Å². The number of rotatable bonds is 15. The van der Waals surface area contributed by atoms with Gasteiger partial charge in [0.25, 0.3) is 5.91 Å². The lowest BCUT2D eigenvalue weighted by Gasteiger charge is -2.34. The number of alkyl carbamates (subject to hydrolysis) is 1. The zero-order chi connectivity index (χ0) is 31.3. The lowest BCUT2D eigenvalue weighted by molar-refractivity contribution is -0.141. The van der Waals surface area contributed by atoms with Crippen LogP contribution in [0.1, 0.15) is 101 Å². The van der Waals surface area contributed by atoms with E-state index in [-0.39, 0.29) is 12.5 Å². The van der Waals surface area contributed by atoms with E-state index in [2.05, 4.69) is 24.5 Å². The van der Waals surface area contributed by atoms with Crippen LogP contribution in [0, 0.1) is 13.8 Å². The molecule has 8 heteroatoms. The van der Waals surface area contributed by atoms with Crippen molar-refractivity contribution in [2.24, 2.45) is 0 Å². The Bertz CT molecular complexity index is 1140. The molecule has 0 fully saturated rings. The number of amides is 3. The minimum Gasteiger partial charge on any atom is -0.444 e. The second-order valence-electron chi connectivity index (χ2n) is 11.9. The van der Waals surface area contributed by atoms with E-state index >= 15 is 0 Å². The largest absolute Gasteiger partial charge is 0.444 e. The number of hydrogen-bond acceptors (Lipinski definition) is 5. The molecule has 0 spiro atoms. The molecule has 2 atom stereocenters. The molecular weight excluding hydrogens is 530 g/mol. The van der Waals surface area contributed by atoms with E-state index in [0.29, 0.717) is 17.7 Å². The maximum atomic E-state index is 14.1. The van der Waals surface area contributed by atoms with Crippen molar-refractivity contribution < 1.29 is 24.2 Å². The number of benzene rings is 2. The van der Waals surface area contributed by atoms with Crippen LogP contribution in [0.5, 0.6) is 0 Å². The fourth-order valence-corrected chi connectivity index (χ4v) is 4.88. The van der Waals surface area contributed by atoms with Crippen molar-refractivity contribution in [3.8, 4) is 0 Å². The number of anilines is 1. The van der Waals surface area contributed by atoms with Gasteiger partial charge in [0, 0.05) is 12.2 Å². The van der Waals surface area contributed by atoms with Gasteiger partial charge in [0.1, 0.15) is 17.7 Å². The molecule has 2 aromatic carbocycles. The standard InChI is InChI=1S/C34H51N3O5/c1-8-10-11-12-13-14-22-37(32(40)28(23-38)35-33(41)42-34(5,6)7)30(27-20-18-26(9-2)19-21-27)31(39)36-29-24(3)16-15-17-25(29)4/h15-21,28,30,38H,8-14,22-23H2,1-7H3,(H,35,41)(H,36,39). The molecule has 0 saturated heterocycles.